The molecule has 0 amide bonds. The van der Waals surface area contributed by atoms with Crippen molar-refractivity contribution in [1.29, 1.82) is 0 Å². The summed E-state index contributed by atoms with van der Waals surface area (Å²) < 4.78 is 48.0. The van der Waals surface area contributed by atoms with E-state index in [0.29, 0.717) is 6.29 Å². The van der Waals surface area contributed by atoms with Gasteiger partial charge in [-0.05, 0) is 47.9 Å². The molecule has 3 heterocycles. The number of aromatic hydroxyl groups is 1. The van der Waals surface area contributed by atoms with E-state index in [0.717, 1.165) is 7.11 Å². The van der Waals surface area contributed by atoms with Gasteiger partial charge < -0.3 is 78.4 Å². The SMILES string of the molecule is COc1cc(C2c3cc4c(cc3C(OC3OC5C(OC(C)OC5(O)O)C(O)C3O)C(C(O)(O)OC)C2C=O)OC(O)(O)O4)cc(OC)c1O. The number of aliphatic hydroxyl groups excluding tert-OH is 2. The number of hydrogen-bond donors (Lipinski definition) is 9. The van der Waals surface area contributed by atoms with Gasteiger partial charge in [0.25, 0.3) is 5.97 Å². The highest BCUT2D eigenvalue weighted by Crippen LogP contribution is 2.57. The maximum Gasteiger partial charge on any atom is 0.505 e. The summed E-state index contributed by atoms with van der Waals surface area (Å²) in [5, 5.41) is 96.5. The first-order valence-electron chi connectivity index (χ1n) is 14.8. The summed E-state index contributed by atoms with van der Waals surface area (Å²) in [6, 6.07) is 5.15. The number of benzene rings is 2. The molecule has 0 spiro atoms. The molecule has 0 bridgehead atoms. The highest BCUT2D eigenvalue weighted by Gasteiger charge is 2.61. The first-order chi connectivity index (χ1) is 23.0. The number of carbonyl (C=O) groups excluding carboxylic acids is 1. The number of phenols is 1. The van der Waals surface area contributed by atoms with Crippen molar-refractivity contribution >= 4 is 6.29 Å². The molecule has 2 saturated heterocycles. The van der Waals surface area contributed by atoms with Crippen molar-refractivity contribution in [1.82, 2.24) is 0 Å². The standard InChI is InChI=1S/C30H36O19/c1-10-44-25-22(33)23(34)27(46-26(25)29(37,38)47-10)45-24-13-8-16-15(48-30(39,40)49-16)7-12(13)19(14(9-31)20(24)28(35,36)43-4)11-5-17(41-2)21(32)18(6-11)42-3/h5-10,14,19-20,22-27,32-40H,1-4H3. The lowest BCUT2D eigenvalue weighted by Crippen LogP contribution is -2.70. The number of fused-ring (bicyclic) bond motifs is 3. The summed E-state index contributed by atoms with van der Waals surface area (Å²) >= 11 is 0. The van der Waals surface area contributed by atoms with Gasteiger partial charge in [0, 0.05) is 18.9 Å². The van der Waals surface area contributed by atoms with Crippen molar-refractivity contribution in [2.24, 2.45) is 11.8 Å². The highest BCUT2D eigenvalue weighted by molar-refractivity contribution is 5.66. The molecule has 0 saturated carbocycles. The Hall–Kier alpha value is -3.41. The average Bonchev–Trinajstić information content (AvgIpc) is 3.34. The molecule has 49 heavy (non-hydrogen) atoms. The number of methoxy groups -OCH3 is 3. The van der Waals surface area contributed by atoms with Crippen molar-refractivity contribution in [2.45, 2.75) is 74.0 Å². The zero-order chi connectivity index (χ0) is 35.8. The Morgan fingerprint density at radius 2 is 1.47 bits per heavy atom. The maximum atomic E-state index is 13.1. The number of hydrogen-bond acceptors (Lipinski definition) is 19. The van der Waals surface area contributed by atoms with Crippen LogP contribution in [0.1, 0.15) is 35.6 Å². The van der Waals surface area contributed by atoms with Crippen LogP contribution in [0.5, 0.6) is 28.7 Å². The van der Waals surface area contributed by atoms with Crippen LogP contribution >= 0.6 is 0 Å². The molecule has 2 fully saturated rings. The molecule has 9 N–H and O–H groups in total. The van der Waals surface area contributed by atoms with Gasteiger partial charge in [-0.3, -0.25) is 14.9 Å². The van der Waals surface area contributed by atoms with E-state index in [2.05, 4.69) is 0 Å². The number of aldehydes is 1. The Morgan fingerprint density at radius 3 is 2.02 bits per heavy atom. The van der Waals surface area contributed by atoms with E-state index in [9.17, 15) is 50.8 Å². The number of aliphatic hydroxyl groups is 8. The third-order valence-corrected chi connectivity index (χ3v) is 9.04. The Kier molecular flexibility index (Phi) is 8.98. The van der Waals surface area contributed by atoms with Crippen LogP contribution < -0.4 is 18.9 Å². The van der Waals surface area contributed by atoms with Crippen LogP contribution in [0.3, 0.4) is 0 Å². The van der Waals surface area contributed by atoms with Gasteiger partial charge in [0.1, 0.15) is 24.6 Å². The van der Waals surface area contributed by atoms with Crippen LogP contribution in [-0.4, -0.2) is 129 Å². The van der Waals surface area contributed by atoms with Crippen LogP contribution in [0.25, 0.3) is 0 Å². The van der Waals surface area contributed by atoms with Gasteiger partial charge in [0.2, 0.25) is 5.75 Å². The van der Waals surface area contributed by atoms with E-state index < -0.39 is 79.0 Å². The fourth-order valence-corrected chi connectivity index (χ4v) is 6.89. The topological polar surface area (TPSA) is 282 Å². The van der Waals surface area contributed by atoms with Crippen molar-refractivity contribution in [3.05, 3.63) is 41.0 Å². The normalized spacial score (nSPS) is 34.4. The molecular formula is C30H36O19. The zero-order valence-electron chi connectivity index (χ0n) is 26.3. The van der Waals surface area contributed by atoms with Crippen molar-refractivity contribution < 1.29 is 93.4 Å². The van der Waals surface area contributed by atoms with E-state index in [1.54, 1.807) is 0 Å². The van der Waals surface area contributed by atoms with Gasteiger partial charge in [-0.15, -0.1) is 0 Å². The van der Waals surface area contributed by atoms with E-state index in [1.807, 2.05) is 0 Å². The molecule has 19 nitrogen and oxygen atoms in total. The zero-order valence-corrected chi connectivity index (χ0v) is 26.3. The molecule has 2 aromatic rings. The molecule has 270 valence electrons. The summed E-state index contributed by atoms with van der Waals surface area (Å²) in [6.07, 6.45) is -15.0. The molecule has 10 atom stereocenters. The first kappa shape index (κ1) is 35.4. The van der Waals surface area contributed by atoms with Crippen LogP contribution in [0.2, 0.25) is 0 Å². The number of carbonyl (C=O) groups is 1. The van der Waals surface area contributed by atoms with E-state index in [-0.39, 0.29) is 45.4 Å². The van der Waals surface area contributed by atoms with Gasteiger partial charge in [-0.25, -0.2) is 0 Å². The van der Waals surface area contributed by atoms with E-state index in [4.69, 9.17) is 42.6 Å². The van der Waals surface area contributed by atoms with Gasteiger partial charge in [-0.2, -0.15) is 0 Å². The van der Waals surface area contributed by atoms with Gasteiger partial charge in [0.05, 0.1) is 26.2 Å². The predicted octanol–water partition coefficient (Wildman–Crippen LogP) is -2.46. The van der Waals surface area contributed by atoms with Crippen LogP contribution in [0.15, 0.2) is 24.3 Å². The van der Waals surface area contributed by atoms with Crippen LogP contribution in [0.4, 0.5) is 0 Å². The highest BCUT2D eigenvalue weighted by atomic mass is 17.0. The van der Waals surface area contributed by atoms with Crippen LogP contribution in [-0.2, 0) is 28.5 Å². The lowest BCUT2D eigenvalue weighted by molar-refractivity contribution is -0.498. The summed E-state index contributed by atoms with van der Waals surface area (Å²) in [7, 11) is 3.45. The molecule has 6 rings (SSSR count). The van der Waals surface area contributed by atoms with E-state index in [1.165, 1.54) is 45.4 Å². The molecule has 4 aliphatic rings. The van der Waals surface area contributed by atoms with Crippen molar-refractivity contribution in [3.8, 4) is 28.7 Å². The van der Waals surface area contributed by atoms with E-state index >= 15 is 0 Å². The number of phenolic OH excluding ortho intramolecular Hbond substituents is 1. The molecule has 0 aromatic heterocycles. The number of ether oxygens (including phenoxy) is 9. The molecular weight excluding hydrogens is 664 g/mol. The third kappa shape index (κ3) is 5.95. The Morgan fingerprint density at radius 1 is 0.878 bits per heavy atom. The van der Waals surface area contributed by atoms with Gasteiger partial charge in [0.15, 0.2) is 41.7 Å². The van der Waals surface area contributed by atoms with Crippen LogP contribution in [0, 0.1) is 11.8 Å². The second-order valence-electron chi connectivity index (χ2n) is 11.9. The maximum absolute atomic E-state index is 13.1. The van der Waals surface area contributed by atoms with Gasteiger partial charge >= 0.3 is 12.1 Å². The summed E-state index contributed by atoms with van der Waals surface area (Å²) in [6.45, 7) is 1.31. The largest absolute Gasteiger partial charge is 0.505 e. The van der Waals surface area contributed by atoms with Crippen molar-refractivity contribution in [3.63, 3.8) is 0 Å². The Balaban J connectivity index is 1.54. The fraction of sp³-hybridized carbons (Fsp3) is 0.567. The fourth-order valence-electron chi connectivity index (χ4n) is 6.89. The predicted molar refractivity (Wildman–Crippen MR) is 152 cm³/mol. The molecule has 10 unspecified atom stereocenters. The molecule has 2 aromatic carbocycles. The summed E-state index contributed by atoms with van der Waals surface area (Å²) in [5.41, 5.74) is 0.294. The average molecular weight is 701 g/mol. The quantitative estimate of drug-likeness (QED) is 0.102. The number of rotatable bonds is 8. The Labute approximate surface area is 276 Å². The lowest BCUT2D eigenvalue weighted by Gasteiger charge is -2.52. The molecule has 1 aliphatic carbocycles. The van der Waals surface area contributed by atoms with Gasteiger partial charge in [-0.1, -0.05) is 0 Å². The Bertz CT molecular complexity index is 1550. The third-order valence-electron chi connectivity index (χ3n) is 9.04. The summed E-state index contributed by atoms with van der Waals surface area (Å²) in [5.74, 6) is -11.9. The molecule has 19 heteroatoms. The molecule has 3 aliphatic heterocycles. The van der Waals surface area contributed by atoms with Crippen molar-refractivity contribution in [2.75, 3.05) is 21.3 Å². The summed E-state index contributed by atoms with van der Waals surface area (Å²) in [4.78, 5) is 13.1. The minimum absolute atomic E-state index is 0.0416. The molecule has 0 radical (unpaired) electrons. The first-order valence-corrected chi connectivity index (χ1v) is 14.8. The lowest BCUT2D eigenvalue weighted by atomic mass is 9.64. The monoisotopic (exact) mass is 700 g/mol. The minimum Gasteiger partial charge on any atom is -0.502 e. The second kappa shape index (κ2) is 12.4. The smallest absolute Gasteiger partial charge is 0.502 e. The minimum atomic E-state index is -3.20. The second-order valence-corrected chi connectivity index (χ2v) is 11.9.